The van der Waals surface area contributed by atoms with Gasteiger partial charge in [-0.15, -0.1) is 0 Å². The highest BCUT2D eigenvalue weighted by molar-refractivity contribution is 5.95. The predicted octanol–water partition coefficient (Wildman–Crippen LogP) is 1.29. The lowest BCUT2D eigenvalue weighted by Crippen LogP contribution is -2.58. The predicted molar refractivity (Wildman–Crippen MR) is 125 cm³/mol. The second-order valence-electron chi connectivity index (χ2n) is 8.22. The highest BCUT2D eigenvalue weighted by Crippen LogP contribution is 2.50. The minimum Gasteiger partial charge on any atom is -0.493 e. The molecule has 0 saturated carbocycles. The molecule has 1 saturated heterocycles. The Morgan fingerprint density at radius 1 is 0.865 bits per heavy atom. The number of ether oxygens (including phenoxy) is 8. The molecule has 200 valence electrons. The summed E-state index contributed by atoms with van der Waals surface area (Å²) in [5, 5.41) is 21.5. The van der Waals surface area contributed by atoms with Crippen LogP contribution < -0.4 is 23.7 Å². The van der Waals surface area contributed by atoms with Crippen LogP contribution in [0.4, 0.5) is 0 Å². The van der Waals surface area contributed by atoms with Crippen LogP contribution in [0, 0.1) is 0 Å². The molecule has 0 aromatic heterocycles. The Labute approximate surface area is 212 Å². The van der Waals surface area contributed by atoms with Crippen molar-refractivity contribution < 1.29 is 57.7 Å². The fraction of sp³-hybridized carbons (Fsp3) is 0.440. The van der Waals surface area contributed by atoms with Crippen LogP contribution in [-0.4, -0.2) is 88.7 Å². The Bertz CT molecular complexity index is 1180. The van der Waals surface area contributed by atoms with Gasteiger partial charge in [0.25, 0.3) is 0 Å². The molecule has 4 rings (SSSR count). The number of fused-ring (bicyclic) bond motifs is 3. The maximum atomic E-state index is 12.8. The number of methoxy groups -OCH3 is 5. The van der Waals surface area contributed by atoms with Crippen LogP contribution in [0.1, 0.15) is 32.4 Å². The van der Waals surface area contributed by atoms with Gasteiger partial charge in [0.1, 0.15) is 31.0 Å². The van der Waals surface area contributed by atoms with E-state index in [1.807, 2.05) is 0 Å². The quantitative estimate of drug-likeness (QED) is 0.483. The molecule has 0 aliphatic carbocycles. The molecule has 2 heterocycles. The van der Waals surface area contributed by atoms with E-state index in [1.54, 1.807) is 6.07 Å². The van der Waals surface area contributed by atoms with Crippen LogP contribution in [0.2, 0.25) is 0 Å². The van der Waals surface area contributed by atoms with Crippen LogP contribution in [0.3, 0.4) is 0 Å². The van der Waals surface area contributed by atoms with Gasteiger partial charge in [-0.1, -0.05) is 0 Å². The number of carbonyl (C=O) groups is 2. The monoisotopic (exact) mass is 520 g/mol. The zero-order chi connectivity index (χ0) is 26.9. The minimum atomic E-state index is -1.54. The lowest BCUT2D eigenvalue weighted by Gasteiger charge is -2.45. The second-order valence-corrected chi connectivity index (χ2v) is 8.22. The number of benzene rings is 2. The molecule has 0 radical (unpaired) electrons. The molecule has 0 amide bonds. The number of hydrogen-bond acceptors (Lipinski definition) is 12. The van der Waals surface area contributed by atoms with Crippen molar-refractivity contribution in [2.45, 2.75) is 30.5 Å². The van der Waals surface area contributed by atoms with Crippen molar-refractivity contribution in [2.24, 2.45) is 0 Å². The molecule has 2 aliphatic rings. The topological polar surface area (TPSA) is 148 Å². The molecule has 0 unspecified atom stereocenters. The molecule has 2 aliphatic heterocycles. The van der Waals surface area contributed by atoms with Gasteiger partial charge in [0.15, 0.2) is 29.1 Å². The van der Waals surface area contributed by atoms with E-state index in [0.717, 1.165) is 0 Å². The summed E-state index contributed by atoms with van der Waals surface area (Å²) in [6, 6.07) is 5.92. The lowest BCUT2D eigenvalue weighted by atomic mass is 9.86. The molecule has 0 spiro atoms. The van der Waals surface area contributed by atoms with Gasteiger partial charge in [-0.2, -0.15) is 0 Å². The molecule has 1 fully saturated rings. The molecule has 5 atom stereocenters. The van der Waals surface area contributed by atoms with E-state index >= 15 is 0 Å². The van der Waals surface area contributed by atoms with E-state index in [1.165, 1.54) is 53.7 Å². The van der Waals surface area contributed by atoms with Crippen molar-refractivity contribution in [1.29, 1.82) is 0 Å². The van der Waals surface area contributed by atoms with Crippen molar-refractivity contribution in [3.8, 4) is 28.7 Å². The highest BCUT2D eigenvalue weighted by Gasteiger charge is 2.52. The Morgan fingerprint density at radius 3 is 2.16 bits per heavy atom. The Kier molecular flexibility index (Phi) is 7.62. The van der Waals surface area contributed by atoms with Gasteiger partial charge in [0.2, 0.25) is 5.75 Å². The zero-order valence-corrected chi connectivity index (χ0v) is 20.9. The highest BCUT2D eigenvalue weighted by atomic mass is 16.6. The standard InChI is InChI=1S/C25H28O12/c1-30-13-7-6-11(8-14(13)31-2)24(28)35-10-16-18(26)19(27)23-22(36-16)17-12(25(29)37-23)9-15(32-3)20(33-4)21(17)34-5/h6-9,16,18-19,22-23,26-27H,10H2,1-5H3/t16-,18-,19+,22+,23-/m1/s1. The second kappa shape index (κ2) is 10.7. The van der Waals surface area contributed by atoms with Gasteiger partial charge in [-0.3, -0.25) is 0 Å². The van der Waals surface area contributed by atoms with Crippen molar-refractivity contribution >= 4 is 11.9 Å². The van der Waals surface area contributed by atoms with Crippen molar-refractivity contribution in [3.05, 3.63) is 41.0 Å². The lowest BCUT2D eigenvalue weighted by molar-refractivity contribution is -0.235. The molecule has 12 nitrogen and oxygen atoms in total. The third-order valence-corrected chi connectivity index (χ3v) is 6.30. The zero-order valence-electron chi connectivity index (χ0n) is 20.9. The number of esters is 2. The fourth-order valence-corrected chi connectivity index (χ4v) is 4.46. The van der Waals surface area contributed by atoms with Crippen LogP contribution in [0.5, 0.6) is 28.7 Å². The Morgan fingerprint density at radius 2 is 1.54 bits per heavy atom. The average Bonchev–Trinajstić information content (AvgIpc) is 2.92. The first-order chi connectivity index (χ1) is 17.8. The molecule has 2 aromatic rings. The van der Waals surface area contributed by atoms with Gasteiger partial charge in [-0.25, -0.2) is 9.59 Å². The van der Waals surface area contributed by atoms with E-state index in [-0.39, 0.29) is 33.9 Å². The smallest absolute Gasteiger partial charge is 0.339 e. The van der Waals surface area contributed by atoms with Crippen LogP contribution in [0.25, 0.3) is 0 Å². The maximum Gasteiger partial charge on any atom is 0.339 e. The SMILES string of the molecule is COc1ccc(C(=O)OC[C@H]2O[C@H]3c4c(cc(OC)c(OC)c4OC)C(=O)O[C@@H]3[C@@H](O)[C@@H]2O)cc1OC. The first kappa shape index (κ1) is 26.3. The number of aliphatic hydroxyl groups excluding tert-OH is 2. The molecular formula is C25H28O12. The van der Waals surface area contributed by atoms with E-state index < -0.39 is 49.1 Å². The van der Waals surface area contributed by atoms with Gasteiger partial charge >= 0.3 is 11.9 Å². The summed E-state index contributed by atoms with van der Waals surface area (Å²) < 4.78 is 43.4. The van der Waals surface area contributed by atoms with Gasteiger partial charge in [0, 0.05) is 5.56 Å². The Balaban J connectivity index is 1.61. The minimum absolute atomic E-state index is 0.0837. The number of hydrogen-bond donors (Lipinski definition) is 2. The third kappa shape index (κ3) is 4.59. The molecule has 2 N–H and O–H groups in total. The van der Waals surface area contributed by atoms with Crippen LogP contribution in [0.15, 0.2) is 24.3 Å². The average molecular weight is 520 g/mol. The van der Waals surface area contributed by atoms with Gasteiger partial charge in [-0.05, 0) is 24.3 Å². The number of carbonyl (C=O) groups excluding carboxylic acids is 2. The summed E-state index contributed by atoms with van der Waals surface area (Å²) in [7, 11) is 7.09. The largest absolute Gasteiger partial charge is 0.493 e. The normalized spacial score (nSPS) is 24.2. The number of rotatable bonds is 8. The van der Waals surface area contributed by atoms with Crippen molar-refractivity contribution in [2.75, 3.05) is 42.2 Å². The Hall–Kier alpha value is -3.74. The van der Waals surface area contributed by atoms with Gasteiger partial charge < -0.3 is 48.1 Å². The molecule has 2 aromatic carbocycles. The summed E-state index contributed by atoms with van der Waals surface area (Å²) in [4.78, 5) is 25.5. The maximum absolute atomic E-state index is 12.8. The molecule has 37 heavy (non-hydrogen) atoms. The summed E-state index contributed by atoms with van der Waals surface area (Å²) in [6.07, 6.45) is -6.55. The van der Waals surface area contributed by atoms with Crippen LogP contribution in [-0.2, 0) is 14.2 Å². The number of aliphatic hydroxyl groups is 2. The van der Waals surface area contributed by atoms with Crippen molar-refractivity contribution in [3.63, 3.8) is 0 Å². The summed E-state index contributed by atoms with van der Waals surface area (Å²) in [6.45, 7) is -0.409. The van der Waals surface area contributed by atoms with E-state index in [9.17, 15) is 19.8 Å². The van der Waals surface area contributed by atoms with E-state index in [0.29, 0.717) is 11.5 Å². The van der Waals surface area contributed by atoms with Gasteiger partial charge in [0.05, 0.1) is 46.7 Å². The molecule has 12 heteroatoms. The summed E-state index contributed by atoms with van der Waals surface area (Å²) in [5.74, 6) is -0.125. The van der Waals surface area contributed by atoms with E-state index in [2.05, 4.69) is 0 Å². The first-order valence-electron chi connectivity index (χ1n) is 11.2. The fourth-order valence-electron chi connectivity index (χ4n) is 4.46. The molecular weight excluding hydrogens is 492 g/mol. The first-order valence-corrected chi connectivity index (χ1v) is 11.2. The third-order valence-electron chi connectivity index (χ3n) is 6.30. The van der Waals surface area contributed by atoms with Crippen LogP contribution >= 0.6 is 0 Å². The van der Waals surface area contributed by atoms with E-state index in [4.69, 9.17) is 37.9 Å². The van der Waals surface area contributed by atoms with Crippen molar-refractivity contribution in [1.82, 2.24) is 0 Å². The molecule has 0 bridgehead atoms. The summed E-state index contributed by atoms with van der Waals surface area (Å²) >= 11 is 0. The summed E-state index contributed by atoms with van der Waals surface area (Å²) in [5.41, 5.74) is 0.515.